The minimum Gasteiger partial charge on any atom is -0.372 e. The molecule has 0 atom stereocenters. The van der Waals surface area contributed by atoms with Gasteiger partial charge in [-0.05, 0) is 61.8 Å². The summed E-state index contributed by atoms with van der Waals surface area (Å²) >= 11 is 0. The van der Waals surface area contributed by atoms with Crippen LogP contribution in [-0.4, -0.2) is 39.4 Å². The van der Waals surface area contributed by atoms with E-state index in [9.17, 15) is 0 Å². The van der Waals surface area contributed by atoms with Crippen LogP contribution in [0.2, 0.25) is 0 Å². The third-order valence-electron chi connectivity index (χ3n) is 7.40. The molecule has 6 nitrogen and oxygen atoms in total. The van der Waals surface area contributed by atoms with E-state index in [0.717, 1.165) is 55.7 Å². The van der Waals surface area contributed by atoms with E-state index < -0.39 is 0 Å². The first kappa shape index (κ1) is 36.2. The van der Waals surface area contributed by atoms with Gasteiger partial charge < -0.3 is 5.73 Å². The number of primary amides is 1. The molecule has 0 bridgehead atoms. The van der Waals surface area contributed by atoms with Crippen molar-refractivity contribution in [2.45, 2.75) is 119 Å². The first-order valence-corrected chi connectivity index (χ1v) is 16.3. The van der Waals surface area contributed by atoms with Crippen LogP contribution in [0.15, 0.2) is 42.7 Å². The van der Waals surface area contributed by atoms with E-state index in [0.29, 0.717) is 0 Å². The number of benzene rings is 1. The highest BCUT2D eigenvalue weighted by Gasteiger charge is 2.24. The molecule has 2 aromatic heterocycles. The number of fused-ring (bicyclic) bond motifs is 2. The van der Waals surface area contributed by atoms with E-state index in [4.69, 9.17) is 9.78 Å². The molecule has 0 spiro atoms. The fourth-order valence-corrected chi connectivity index (χ4v) is 5.26. The van der Waals surface area contributed by atoms with Crippen molar-refractivity contribution in [2.24, 2.45) is 11.7 Å². The minimum absolute atomic E-state index is 0.250. The van der Waals surface area contributed by atoms with Gasteiger partial charge in [0.05, 0.1) is 5.52 Å². The van der Waals surface area contributed by atoms with E-state index >= 15 is 0 Å². The number of amides is 1. The number of carbonyl (C=O) groups is 1. The van der Waals surface area contributed by atoms with Gasteiger partial charge in [-0.1, -0.05) is 85.9 Å². The molecule has 6 rings (SSSR count). The lowest BCUT2D eigenvalue weighted by Crippen LogP contribution is -2.31. The van der Waals surface area contributed by atoms with Crippen LogP contribution in [0.3, 0.4) is 0 Å². The molecule has 2 fully saturated rings. The van der Waals surface area contributed by atoms with Gasteiger partial charge in [0, 0.05) is 55.0 Å². The maximum absolute atomic E-state index is 8.58. The number of pyridine rings is 1. The molecule has 1 aliphatic heterocycles. The van der Waals surface area contributed by atoms with Crippen molar-refractivity contribution >= 4 is 17.3 Å². The van der Waals surface area contributed by atoms with Crippen molar-refractivity contribution in [3.63, 3.8) is 0 Å². The molecule has 1 amide bonds. The fraction of sp³-hybridized carbons (Fsp3) is 0.600. The molecule has 41 heavy (non-hydrogen) atoms. The summed E-state index contributed by atoms with van der Waals surface area (Å²) in [5, 5.41) is 1.36. The van der Waals surface area contributed by atoms with Crippen LogP contribution in [-0.2, 0) is 24.2 Å². The van der Waals surface area contributed by atoms with E-state index in [1.165, 1.54) is 67.2 Å². The number of nitrogens with zero attached hydrogens (tertiary/aromatic N) is 4. The Bertz CT molecular complexity index is 1090. The number of likely N-dealkylation sites (N-methyl/N-ethyl adjacent to an activating group) is 1. The lowest BCUT2D eigenvalue weighted by atomic mass is 9.82. The normalized spacial score (nSPS) is 15.8. The Hall–Kier alpha value is -2.86. The highest BCUT2D eigenvalue weighted by molar-refractivity contribution is 5.82. The zero-order valence-corrected chi connectivity index (χ0v) is 27.0. The van der Waals surface area contributed by atoms with E-state index in [1.807, 2.05) is 47.7 Å². The molecular weight excluding hydrogens is 506 g/mol. The molecule has 3 aromatic rings. The van der Waals surface area contributed by atoms with Crippen LogP contribution in [0.25, 0.3) is 10.9 Å². The Balaban J connectivity index is 0.000000322. The summed E-state index contributed by atoms with van der Waals surface area (Å²) in [4.78, 5) is 24.7. The third-order valence-corrected chi connectivity index (χ3v) is 7.40. The molecule has 3 aliphatic rings. The van der Waals surface area contributed by atoms with Gasteiger partial charge in [0.15, 0.2) is 0 Å². The Morgan fingerprint density at radius 2 is 1.61 bits per heavy atom. The van der Waals surface area contributed by atoms with Crippen LogP contribution in [0.4, 0.5) is 0 Å². The Labute approximate surface area is 250 Å². The molecule has 0 radical (unpaired) electrons. The summed E-state index contributed by atoms with van der Waals surface area (Å²) in [6.07, 6.45) is 16.1. The average Bonchev–Trinajstić information content (AvgIpc) is 3.88. The quantitative estimate of drug-likeness (QED) is 0.323. The van der Waals surface area contributed by atoms with Crippen molar-refractivity contribution in [1.29, 1.82) is 0 Å². The molecule has 1 aromatic carbocycles. The molecule has 6 heteroatoms. The Kier molecular flexibility index (Phi) is 19.3. The van der Waals surface area contributed by atoms with Gasteiger partial charge in [-0.25, -0.2) is 9.97 Å². The summed E-state index contributed by atoms with van der Waals surface area (Å²) in [6.45, 7) is 17.5. The SMILES string of the molecule is CC.CC.CC.CCN1CCc2nc(CC3CC3)ncc2C1.NC=O.c1cc(C2CCCCC2)c2cccnc2c1. The summed E-state index contributed by atoms with van der Waals surface area (Å²) in [5.74, 6) is 2.72. The molecule has 0 saturated heterocycles. The molecule has 228 valence electrons. The highest BCUT2D eigenvalue weighted by Crippen LogP contribution is 2.35. The summed E-state index contributed by atoms with van der Waals surface area (Å²) < 4.78 is 0. The van der Waals surface area contributed by atoms with Crippen molar-refractivity contribution < 1.29 is 4.79 Å². The second-order valence-corrected chi connectivity index (χ2v) is 9.91. The van der Waals surface area contributed by atoms with Crippen molar-refractivity contribution in [1.82, 2.24) is 19.9 Å². The number of carbonyl (C=O) groups excluding carboxylic acids is 1. The molecule has 2 aliphatic carbocycles. The maximum atomic E-state index is 8.58. The largest absolute Gasteiger partial charge is 0.372 e. The third kappa shape index (κ3) is 12.3. The monoisotopic (exact) mass is 563 g/mol. The number of nitrogens with two attached hydrogens (primary N) is 1. The standard InChI is InChI=1S/C15H17N.C13H19N3.3C2H6.CH3NO/c1-2-6-12(7-3-1)13-8-4-10-15-14(13)9-5-11-16-15;1-2-16-6-5-12-11(9-16)8-14-13(15-12)7-10-3-4-10;3*1-2;2-1-3/h4-5,8-12H,1-3,6-7H2;8,10H,2-7,9H2,1H3;3*1-2H3;1H,(H2,2,3). The van der Waals surface area contributed by atoms with E-state index in [-0.39, 0.29) is 6.41 Å². The Morgan fingerprint density at radius 3 is 2.24 bits per heavy atom. The van der Waals surface area contributed by atoms with Crippen LogP contribution >= 0.6 is 0 Å². The average molecular weight is 564 g/mol. The second kappa shape index (κ2) is 21.8. The topological polar surface area (TPSA) is 85.0 Å². The zero-order chi connectivity index (χ0) is 30.5. The highest BCUT2D eigenvalue weighted by atomic mass is 16.1. The number of hydrogen-bond donors (Lipinski definition) is 1. The van der Waals surface area contributed by atoms with Gasteiger partial charge >= 0.3 is 0 Å². The molecular formula is C35H57N5O. The van der Waals surface area contributed by atoms with Gasteiger partial charge in [-0.3, -0.25) is 14.7 Å². The van der Waals surface area contributed by atoms with Gasteiger partial charge in [0.2, 0.25) is 6.41 Å². The van der Waals surface area contributed by atoms with Gasteiger partial charge in [-0.15, -0.1) is 0 Å². The Morgan fingerprint density at radius 1 is 0.927 bits per heavy atom. The molecule has 2 N–H and O–H groups in total. The van der Waals surface area contributed by atoms with Gasteiger partial charge in [-0.2, -0.15) is 0 Å². The number of rotatable bonds is 4. The van der Waals surface area contributed by atoms with E-state index in [1.54, 1.807) is 0 Å². The predicted octanol–water partition coefficient (Wildman–Crippen LogP) is 8.27. The smallest absolute Gasteiger partial charge is 0.204 e. The fourth-order valence-electron chi connectivity index (χ4n) is 5.26. The van der Waals surface area contributed by atoms with Crippen LogP contribution in [0, 0.1) is 5.92 Å². The van der Waals surface area contributed by atoms with Crippen molar-refractivity contribution in [3.8, 4) is 0 Å². The van der Waals surface area contributed by atoms with Crippen LogP contribution in [0.5, 0.6) is 0 Å². The molecule has 2 saturated carbocycles. The summed E-state index contributed by atoms with van der Waals surface area (Å²) in [5.41, 5.74) is 9.47. The first-order valence-electron chi connectivity index (χ1n) is 16.3. The van der Waals surface area contributed by atoms with Crippen molar-refractivity contribution in [2.75, 3.05) is 13.1 Å². The van der Waals surface area contributed by atoms with Gasteiger partial charge in [0.25, 0.3) is 0 Å². The van der Waals surface area contributed by atoms with E-state index in [2.05, 4.69) is 64.1 Å². The van der Waals surface area contributed by atoms with Crippen LogP contribution in [0.1, 0.15) is 122 Å². The zero-order valence-electron chi connectivity index (χ0n) is 27.0. The lowest BCUT2D eigenvalue weighted by Gasteiger charge is -2.26. The number of aromatic nitrogens is 3. The molecule has 0 unspecified atom stereocenters. The summed E-state index contributed by atoms with van der Waals surface area (Å²) in [6, 6.07) is 10.8. The number of hydrogen-bond acceptors (Lipinski definition) is 5. The lowest BCUT2D eigenvalue weighted by molar-refractivity contribution is -0.106. The van der Waals surface area contributed by atoms with Crippen LogP contribution < -0.4 is 5.73 Å². The first-order chi connectivity index (χ1) is 20.2. The maximum Gasteiger partial charge on any atom is 0.204 e. The summed E-state index contributed by atoms with van der Waals surface area (Å²) in [7, 11) is 0. The second-order valence-electron chi connectivity index (χ2n) is 9.91. The van der Waals surface area contributed by atoms with Gasteiger partial charge in [0.1, 0.15) is 5.82 Å². The predicted molar refractivity (Wildman–Crippen MR) is 175 cm³/mol. The minimum atomic E-state index is 0.250. The molecule has 3 heterocycles. The van der Waals surface area contributed by atoms with Crippen molar-refractivity contribution in [3.05, 3.63) is 65.4 Å².